The van der Waals surface area contributed by atoms with Crippen LogP contribution in [0.15, 0.2) is 36.1 Å². The first-order valence-electron chi connectivity index (χ1n) is 5.76. The molecule has 4 nitrogen and oxygen atoms in total. The first kappa shape index (κ1) is 16.6. The molecule has 1 atom stereocenters. The summed E-state index contributed by atoms with van der Waals surface area (Å²) in [4.78, 5) is 22.9. The molecule has 0 saturated carbocycles. The first-order chi connectivity index (χ1) is 9.60. The van der Waals surface area contributed by atoms with Gasteiger partial charge >= 0.3 is 18.1 Å². The number of hydrogen-bond donors (Lipinski definition) is 1. The minimum absolute atomic E-state index is 0.217. The second kappa shape index (κ2) is 5.87. The maximum atomic E-state index is 13.1. The Bertz CT molecular complexity index is 581. The molecule has 112 valence electrons. The summed E-state index contributed by atoms with van der Waals surface area (Å²) in [5.41, 5.74) is -2.55. The summed E-state index contributed by atoms with van der Waals surface area (Å²) in [5, 5.41) is 8.77. The molecular weight excluding hydrogens is 287 g/mol. The van der Waals surface area contributed by atoms with Crippen molar-refractivity contribution >= 4 is 11.9 Å². The summed E-state index contributed by atoms with van der Waals surface area (Å²) in [6.45, 7) is 0.0863. The highest BCUT2D eigenvalue weighted by Crippen LogP contribution is 2.42. The van der Waals surface area contributed by atoms with Gasteiger partial charge in [-0.05, 0) is 25.0 Å². The number of amides is 1. The van der Waals surface area contributed by atoms with Gasteiger partial charge in [0.1, 0.15) is 12.0 Å². The number of carboxylic acid groups (broad SMARTS) is 1. The van der Waals surface area contributed by atoms with Crippen molar-refractivity contribution < 1.29 is 27.9 Å². The number of aliphatic carboxylic acids is 1. The molecule has 1 unspecified atom stereocenters. The molecule has 1 amide bonds. The van der Waals surface area contributed by atoms with Crippen LogP contribution in [0, 0.1) is 17.8 Å². The summed E-state index contributed by atoms with van der Waals surface area (Å²) in [6, 6.07) is 0. The second-order valence-corrected chi connectivity index (χ2v) is 4.50. The molecule has 0 spiro atoms. The predicted molar refractivity (Wildman–Crippen MR) is 68.7 cm³/mol. The van der Waals surface area contributed by atoms with Gasteiger partial charge in [0.05, 0.1) is 0 Å². The van der Waals surface area contributed by atoms with Crippen LogP contribution in [-0.2, 0) is 9.59 Å². The largest absolute Gasteiger partial charge is 0.480 e. The van der Waals surface area contributed by atoms with Crippen LogP contribution in [0.2, 0.25) is 0 Å². The Morgan fingerprint density at radius 2 is 2.05 bits per heavy atom. The molecule has 1 N–H and O–H groups in total. The van der Waals surface area contributed by atoms with E-state index in [0.717, 1.165) is 19.1 Å². The summed E-state index contributed by atoms with van der Waals surface area (Å²) in [5.74, 6) is -0.717. The third-order valence-electron chi connectivity index (χ3n) is 2.85. The van der Waals surface area contributed by atoms with Gasteiger partial charge < -0.3 is 5.11 Å². The maximum absolute atomic E-state index is 13.1. The Kier molecular flexibility index (Phi) is 4.63. The van der Waals surface area contributed by atoms with Crippen LogP contribution in [-0.4, -0.2) is 34.6 Å². The quantitative estimate of drug-likeness (QED) is 0.812. The maximum Gasteiger partial charge on any atom is 0.401 e. The molecule has 0 aromatic carbocycles. The smallest absolute Gasteiger partial charge is 0.401 e. The van der Waals surface area contributed by atoms with Crippen molar-refractivity contribution in [3.8, 4) is 12.3 Å². The fraction of sp³-hybridized carbons (Fsp3) is 0.286. The van der Waals surface area contributed by atoms with Gasteiger partial charge in [-0.1, -0.05) is 18.2 Å². The Balaban J connectivity index is 3.33. The molecule has 0 saturated heterocycles. The number of allylic oxidation sites excluding steroid dienone is 5. The van der Waals surface area contributed by atoms with Crippen molar-refractivity contribution in [1.82, 2.24) is 4.90 Å². The molecule has 1 aliphatic carbocycles. The summed E-state index contributed by atoms with van der Waals surface area (Å²) < 4.78 is 39.3. The second-order valence-electron chi connectivity index (χ2n) is 4.50. The van der Waals surface area contributed by atoms with E-state index in [0.29, 0.717) is 4.90 Å². The molecule has 7 heteroatoms. The number of hydrogen-bond acceptors (Lipinski definition) is 2. The van der Waals surface area contributed by atoms with Crippen molar-refractivity contribution in [3.63, 3.8) is 0 Å². The lowest BCUT2D eigenvalue weighted by molar-refractivity contribution is -0.183. The van der Waals surface area contributed by atoms with Crippen molar-refractivity contribution in [1.29, 1.82) is 0 Å². The van der Waals surface area contributed by atoms with Gasteiger partial charge in [-0.2, -0.15) is 13.2 Å². The molecule has 21 heavy (non-hydrogen) atoms. The fourth-order valence-corrected chi connectivity index (χ4v) is 1.65. The number of rotatable bonds is 3. The zero-order chi connectivity index (χ0) is 16.3. The summed E-state index contributed by atoms with van der Waals surface area (Å²) in [6.07, 6.45) is 5.66. The fourth-order valence-electron chi connectivity index (χ4n) is 1.65. The number of terminal acetylenes is 1. The summed E-state index contributed by atoms with van der Waals surface area (Å²) >= 11 is 0. The van der Waals surface area contributed by atoms with E-state index in [4.69, 9.17) is 11.5 Å². The van der Waals surface area contributed by atoms with Gasteiger partial charge in [-0.25, -0.2) is 0 Å². The first-order valence-corrected chi connectivity index (χ1v) is 5.76. The highest BCUT2D eigenvalue weighted by Gasteiger charge is 2.48. The zero-order valence-corrected chi connectivity index (χ0v) is 11.0. The standard InChI is InChI=1S/C14H12F3NO3/c1-3-11(19)18(9-12(20)21)10-6-4-5-7-13(2,8-10)14(15,16)17/h1,4-8H,9H2,2H3,(H,20,21). The summed E-state index contributed by atoms with van der Waals surface area (Å²) in [7, 11) is 0. The minimum atomic E-state index is -4.60. The predicted octanol–water partition coefficient (Wildman–Crippen LogP) is 2.11. The van der Waals surface area contributed by atoms with Gasteiger partial charge in [-0.3, -0.25) is 14.5 Å². The zero-order valence-electron chi connectivity index (χ0n) is 11.0. The van der Waals surface area contributed by atoms with Crippen molar-refractivity contribution in [2.24, 2.45) is 5.41 Å². The molecule has 0 radical (unpaired) electrons. The van der Waals surface area contributed by atoms with E-state index >= 15 is 0 Å². The third kappa shape index (κ3) is 3.75. The van der Waals surface area contributed by atoms with Crippen LogP contribution in [0.1, 0.15) is 6.92 Å². The van der Waals surface area contributed by atoms with Crippen molar-refractivity contribution in [2.45, 2.75) is 13.1 Å². The van der Waals surface area contributed by atoms with Crippen LogP contribution in [0.4, 0.5) is 13.2 Å². The van der Waals surface area contributed by atoms with E-state index in [1.165, 1.54) is 18.2 Å². The Labute approximate surface area is 119 Å². The van der Waals surface area contributed by atoms with E-state index in [9.17, 15) is 22.8 Å². The Morgan fingerprint density at radius 1 is 1.43 bits per heavy atom. The van der Waals surface area contributed by atoms with Gasteiger partial charge in [0, 0.05) is 5.70 Å². The lowest BCUT2D eigenvalue weighted by Crippen LogP contribution is -2.36. The highest BCUT2D eigenvalue weighted by atomic mass is 19.4. The SMILES string of the molecule is C#CC(=O)N(CC(=O)O)C1=CC(C)(C(F)(F)F)C=CC=C1. The molecular formula is C14H12F3NO3. The van der Waals surface area contributed by atoms with E-state index < -0.39 is 30.0 Å². The number of alkyl halides is 3. The minimum Gasteiger partial charge on any atom is -0.480 e. The molecule has 0 aliphatic heterocycles. The average Bonchev–Trinajstić information content (AvgIpc) is 2.57. The van der Waals surface area contributed by atoms with Crippen molar-refractivity contribution in [3.05, 3.63) is 36.1 Å². The van der Waals surface area contributed by atoms with Crippen molar-refractivity contribution in [2.75, 3.05) is 6.54 Å². The van der Waals surface area contributed by atoms with Gasteiger partial charge in [-0.15, -0.1) is 6.42 Å². The number of carbonyl (C=O) groups excluding carboxylic acids is 1. The molecule has 0 aromatic heterocycles. The normalized spacial score (nSPS) is 21.2. The van der Waals surface area contributed by atoms with Gasteiger partial charge in [0.15, 0.2) is 0 Å². The van der Waals surface area contributed by atoms with E-state index in [-0.39, 0.29) is 5.70 Å². The topological polar surface area (TPSA) is 57.6 Å². The van der Waals surface area contributed by atoms with E-state index in [2.05, 4.69) is 0 Å². The lowest BCUT2D eigenvalue weighted by Gasteiger charge is -2.28. The number of carboxylic acids is 1. The molecule has 0 aromatic rings. The number of nitrogens with zero attached hydrogens (tertiary/aromatic N) is 1. The van der Waals surface area contributed by atoms with E-state index in [1.807, 2.05) is 0 Å². The average molecular weight is 299 g/mol. The monoisotopic (exact) mass is 299 g/mol. The highest BCUT2D eigenvalue weighted by molar-refractivity contribution is 5.96. The van der Waals surface area contributed by atoms with Gasteiger partial charge in [0.2, 0.25) is 0 Å². The molecule has 0 heterocycles. The third-order valence-corrected chi connectivity index (χ3v) is 2.85. The lowest BCUT2D eigenvalue weighted by atomic mass is 9.88. The van der Waals surface area contributed by atoms with Crippen LogP contribution >= 0.6 is 0 Å². The van der Waals surface area contributed by atoms with Crippen LogP contribution < -0.4 is 0 Å². The van der Waals surface area contributed by atoms with Crippen LogP contribution in [0.25, 0.3) is 0 Å². The molecule has 0 bridgehead atoms. The molecule has 1 aliphatic rings. The molecule has 0 fully saturated rings. The Hall–Kier alpha value is -2.49. The van der Waals surface area contributed by atoms with E-state index in [1.54, 1.807) is 5.92 Å². The Morgan fingerprint density at radius 3 is 2.52 bits per heavy atom. The van der Waals surface area contributed by atoms with Crippen LogP contribution in [0.3, 0.4) is 0 Å². The molecule has 1 rings (SSSR count). The van der Waals surface area contributed by atoms with Crippen LogP contribution in [0.5, 0.6) is 0 Å². The number of halogens is 3. The van der Waals surface area contributed by atoms with Gasteiger partial charge in [0.25, 0.3) is 0 Å². The number of carbonyl (C=O) groups is 2.